The summed E-state index contributed by atoms with van der Waals surface area (Å²) in [5.41, 5.74) is 1.59. The van der Waals surface area contributed by atoms with Gasteiger partial charge in [0.25, 0.3) is 5.91 Å². The van der Waals surface area contributed by atoms with Crippen molar-refractivity contribution in [2.45, 2.75) is 25.9 Å². The molecule has 1 atom stereocenters. The minimum atomic E-state index is -0.984. The smallest absolute Gasteiger partial charge is 0.306 e. The Balaban J connectivity index is 1.87. The molecule has 2 rings (SSSR count). The molecule has 0 aliphatic rings. The number of halogens is 1. The van der Waals surface area contributed by atoms with E-state index in [1.165, 1.54) is 26.2 Å². The van der Waals surface area contributed by atoms with E-state index in [9.17, 15) is 9.59 Å². The lowest BCUT2D eigenvalue weighted by Gasteiger charge is -2.14. The molecular formula is C21H21ClN2O5. The van der Waals surface area contributed by atoms with Crippen molar-refractivity contribution in [2.24, 2.45) is 0 Å². The molecule has 0 saturated carbocycles. The fourth-order valence-electron chi connectivity index (χ4n) is 2.52. The van der Waals surface area contributed by atoms with E-state index in [1.54, 1.807) is 25.3 Å². The zero-order valence-electron chi connectivity index (χ0n) is 16.3. The Morgan fingerprint density at radius 1 is 1.14 bits per heavy atom. The third kappa shape index (κ3) is 6.13. The van der Waals surface area contributed by atoms with E-state index < -0.39 is 18.0 Å². The van der Waals surface area contributed by atoms with Gasteiger partial charge in [-0.15, -0.1) is 0 Å². The van der Waals surface area contributed by atoms with Gasteiger partial charge in [0.15, 0.2) is 17.6 Å². The van der Waals surface area contributed by atoms with Crippen molar-refractivity contribution in [3.05, 3.63) is 52.5 Å². The zero-order valence-corrected chi connectivity index (χ0v) is 17.1. The van der Waals surface area contributed by atoms with Crippen LogP contribution in [-0.4, -0.2) is 32.2 Å². The highest BCUT2D eigenvalue weighted by Crippen LogP contribution is 2.28. The first-order valence-electron chi connectivity index (χ1n) is 8.78. The van der Waals surface area contributed by atoms with Gasteiger partial charge >= 0.3 is 5.97 Å². The molecule has 1 amide bonds. The van der Waals surface area contributed by atoms with Crippen LogP contribution in [-0.2, 0) is 20.7 Å². The van der Waals surface area contributed by atoms with Crippen molar-refractivity contribution in [1.29, 1.82) is 5.26 Å². The largest absolute Gasteiger partial charge is 0.493 e. The van der Waals surface area contributed by atoms with Crippen LogP contribution in [0.4, 0.5) is 5.69 Å². The van der Waals surface area contributed by atoms with Crippen molar-refractivity contribution in [3.63, 3.8) is 0 Å². The molecule has 8 heteroatoms. The molecule has 0 saturated heterocycles. The average molecular weight is 417 g/mol. The van der Waals surface area contributed by atoms with Crippen molar-refractivity contribution >= 4 is 29.2 Å². The van der Waals surface area contributed by atoms with Crippen LogP contribution in [0, 0.1) is 11.3 Å². The van der Waals surface area contributed by atoms with Gasteiger partial charge in [0.05, 0.1) is 24.8 Å². The van der Waals surface area contributed by atoms with Gasteiger partial charge in [0, 0.05) is 12.1 Å². The summed E-state index contributed by atoms with van der Waals surface area (Å²) in [4.78, 5) is 24.3. The minimum Gasteiger partial charge on any atom is -0.493 e. The van der Waals surface area contributed by atoms with E-state index in [2.05, 4.69) is 5.32 Å². The van der Waals surface area contributed by atoms with E-state index in [-0.39, 0.29) is 11.4 Å². The number of amides is 1. The molecule has 1 N–H and O–H groups in total. The predicted molar refractivity (Wildman–Crippen MR) is 108 cm³/mol. The van der Waals surface area contributed by atoms with Crippen LogP contribution in [0.15, 0.2) is 36.4 Å². The van der Waals surface area contributed by atoms with Gasteiger partial charge in [-0.2, -0.15) is 5.26 Å². The number of carbonyl (C=O) groups is 2. The predicted octanol–water partition coefficient (Wildman–Crippen LogP) is 3.73. The van der Waals surface area contributed by atoms with Crippen LogP contribution in [0.3, 0.4) is 0 Å². The number of ether oxygens (including phenoxy) is 3. The molecule has 0 aromatic heterocycles. The van der Waals surface area contributed by atoms with E-state index in [1.807, 2.05) is 12.1 Å². The molecule has 0 bridgehead atoms. The molecule has 0 radical (unpaired) electrons. The molecule has 1 unspecified atom stereocenters. The second-order valence-corrected chi connectivity index (χ2v) is 6.52. The number of rotatable bonds is 8. The summed E-state index contributed by atoms with van der Waals surface area (Å²) in [5.74, 6) is 0.185. The first kappa shape index (κ1) is 22.1. The number of aryl methyl sites for hydroxylation is 1. The van der Waals surface area contributed by atoms with Gasteiger partial charge < -0.3 is 19.5 Å². The normalized spacial score (nSPS) is 11.1. The third-order valence-electron chi connectivity index (χ3n) is 4.10. The maximum atomic E-state index is 12.2. The topological polar surface area (TPSA) is 97.6 Å². The summed E-state index contributed by atoms with van der Waals surface area (Å²) in [5, 5.41) is 11.7. The standard InChI is InChI=1S/C21H21ClN2O5/c1-13(21(26)24-16-7-6-15(12-23)17(22)11-16)29-20(25)9-5-14-4-8-18(27-2)19(10-14)28-3/h4,6-8,10-11,13H,5,9H2,1-3H3,(H,24,26). The van der Waals surface area contributed by atoms with Crippen molar-refractivity contribution in [2.75, 3.05) is 19.5 Å². The summed E-state index contributed by atoms with van der Waals surface area (Å²) < 4.78 is 15.6. The number of methoxy groups -OCH3 is 2. The lowest BCUT2D eigenvalue weighted by Crippen LogP contribution is -2.30. The van der Waals surface area contributed by atoms with Gasteiger partial charge in [-0.05, 0) is 49.2 Å². The van der Waals surface area contributed by atoms with Crippen LogP contribution in [0.2, 0.25) is 5.02 Å². The van der Waals surface area contributed by atoms with Gasteiger partial charge in [-0.25, -0.2) is 0 Å². The SMILES string of the molecule is COc1ccc(CCC(=O)OC(C)C(=O)Nc2ccc(C#N)c(Cl)c2)cc1OC. The van der Waals surface area contributed by atoms with Crippen molar-refractivity contribution in [1.82, 2.24) is 0 Å². The van der Waals surface area contributed by atoms with Crippen LogP contribution >= 0.6 is 11.6 Å². The third-order valence-corrected chi connectivity index (χ3v) is 4.41. The lowest BCUT2D eigenvalue weighted by atomic mass is 10.1. The molecule has 0 fully saturated rings. The lowest BCUT2D eigenvalue weighted by molar-refractivity contribution is -0.153. The van der Waals surface area contributed by atoms with E-state index in [0.29, 0.717) is 29.2 Å². The molecule has 0 heterocycles. The maximum absolute atomic E-state index is 12.2. The Kier molecular flexibility index (Phi) is 7.87. The van der Waals surface area contributed by atoms with Crippen LogP contribution in [0.5, 0.6) is 11.5 Å². The first-order chi connectivity index (χ1) is 13.9. The molecule has 2 aromatic carbocycles. The molecule has 0 spiro atoms. The van der Waals surface area contributed by atoms with Gasteiger partial charge in [0.1, 0.15) is 6.07 Å². The monoisotopic (exact) mass is 416 g/mol. The summed E-state index contributed by atoms with van der Waals surface area (Å²) in [6.45, 7) is 1.48. The summed E-state index contributed by atoms with van der Waals surface area (Å²) in [6.07, 6.45) is -0.448. The van der Waals surface area contributed by atoms with Gasteiger partial charge in [0.2, 0.25) is 0 Å². The van der Waals surface area contributed by atoms with Crippen molar-refractivity contribution in [3.8, 4) is 17.6 Å². The number of benzene rings is 2. The molecule has 29 heavy (non-hydrogen) atoms. The molecule has 0 aliphatic heterocycles. The number of anilines is 1. The molecule has 0 aliphatic carbocycles. The Bertz CT molecular complexity index is 939. The van der Waals surface area contributed by atoms with Gasteiger partial charge in [-0.1, -0.05) is 17.7 Å². The summed E-state index contributed by atoms with van der Waals surface area (Å²) >= 11 is 5.94. The minimum absolute atomic E-state index is 0.107. The number of esters is 1. The highest BCUT2D eigenvalue weighted by atomic mass is 35.5. The highest BCUT2D eigenvalue weighted by molar-refractivity contribution is 6.32. The number of carbonyl (C=O) groups excluding carboxylic acids is 2. The first-order valence-corrected chi connectivity index (χ1v) is 9.16. The van der Waals surface area contributed by atoms with E-state index >= 15 is 0 Å². The van der Waals surface area contributed by atoms with Gasteiger partial charge in [-0.3, -0.25) is 9.59 Å². The number of nitrogens with zero attached hydrogens (tertiary/aromatic N) is 1. The van der Waals surface area contributed by atoms with E-state index in [0.717, 1.165) is 5.56 Å². The van der Waals surface area contributed by atoms with Crippen LogP contribution in [0.1, 0.15) is 24.5 Å². The molecule has 152 valence electrons. The Morgan fingerprint density at radius 3 is 2.48 bits per heavy atom. The maximum Gasteiger partial charge on any atom is 0.306 e. The van der Waals surface area contributed by atoms with Crippen molar-refractivity contribution < 1.29 is 23.8 Å². The molecular weight excluding hydrogens is 396 g/mol. The molecule has 7 nitrogen and oxygen atoms in total. The van der Waals surface area contributed by atoms with Crippen LogP contribution in [0.25, 0.3) is 0 Å². The Labute approximate surface area is 174 Å². The van der Waals surface area contributed by atoms with E-state index in [4.69, 9.17) is 31.1 Å². The summed E-state index contributed by atoms with van der Waals surface area (Å²) in [7, 11) is 3.09. The fraction of sp³-hybridized carbons (Fsp3) is 0.286. The van der Waals surface area contributed by atoms with Crippen LogP contribution < -0.4 is 14.8 Å². The quantitative estimate of drug-likeness (QED) is 0.658. The average Bonchev–Trinajstić information content (AvgIpc) is 2.72. The highest BCUT2D eigenvalue weighted by Gasteiger charge is 2.18. The number of nitrogens with one attached hydrogen (secondary N) is 1. The molecule has 2 aromatic rings. The number of hydrogen-bond donors (Lipinski definition) is 1. The number of hydrogen-bond acceptors (Lipinski definition) is 6. The zero-order chi connectivity index (χ0) is 21.4. The second-order valence-electron chi connectivity index (χ2n) is 6.12. The second kappa shape index (κ2) is 10.3. The Morgan fingerprint density at radius 2 is 1.86 bits per heavy atom. The number of nitriles is 1. The Hall–Kier alpha value is -3.24. The summed E-state index contributed by atoms with van der Waals surface area (Å²) in [6, 6.07) is 11.8. The fourth-order valence-corrected chi connectivity index (χ4v) is 2.74.